The van der Waals surface area contributed by atoms with E-state index >= 15 is 0 Å². The van der Waals surface area contributed by atoms with Gasteiger partial charge in [-0.2, -0.15) is 0 Å². The van der Waals surface area contributed by atoms with Crippen LogP contribution in [-0.2, 0) is 19.3 Å². The number of rotatable bonds is 5. The van der Waals surface area contributed by atoms with Crippen molar-refractivity contribution in [2.24, 2.45) is 0 Å². The molecule has 0 fully saturated rings. The molecule has 4 nitrogen and oxygen atoms in total. The second kappa shape index (κ2) is 6.43. The molecule has 0 bridgehead atoms. The van der Waals surface area contributed by atoms with Crippen LogP contribution in [0.1, 0.15) is 48.2 Å². The molecule has 0 radical (unpaired) electrons. The van der Waals surface area contributed by atoms with Crippen molar-refractivity contribution in [2.45, 2.75) is 40.0 Å². The number of carboxylic acids is 1. The lowest BCUT2D eigenvalue weighted by Gasteiger charge is -2.19. The van der Waals surface area contributed by atoms with Crippen molar-refractivity contribution in [3.63, 3.8) is 0 Å². The number of aryl methyl sites for hydroxylation is 2. The molecule has 0 saturated carbocycles. The Labute approximate surface area is 133 Å². The maximum Gasteiger partial charge on any atom is 0.354 e. The fourth-order valence-electron chi connectivity index (χ4n) is 2.60. The number of aromatic nitrogens is 2. The smallest absolute Gasteiger partial charge is 0.354 e. The number of nitrogens with zero attached hydrogens (tertiary/aromatic N) is 2. The molecule has 1 aromatic heterocycles. The van der Waals surface area contributed by atoms with E-state index in [2.05, 4.69) is 34.8 Å². The third-order valence-electron chi connectivity index (χ3n) is 3.64. The lowest BCUT2D eigenvalue weighted by molar-refractivity contribution is 0.0688. The van der Waals surface area contributed by atoms with Gasteiger partial charge in [-0.25, -0.2) is 9.78 Å². The number of hydrogen-bond donors (Lipinski definition) is 1. The van der Waals surface area contributed by atoms with Crippen molar-refractivity contribution in [3.8, 4) is 5.69 Å². The van der Waals surface area contributed by atoms with E-state index in [1.54, 1.807) is 4.57 Å². The normalized spacial score (nSPS) is 10.9. The molecule has 0 aliphatic heterocycles. The van der Waals surface area contributed by atoms with Crippen LogP contribution in [0.5, 0.6) is 0 Å². The van der Waals surface area contributed by atoms with Gasteiger partial charge in [-0.3, -0.25) is 4.57 Å². The zero-order valence-electron chi connectivity index (χ0n) is 12.5. The maximum atomic E-state index is 11.5. The molecule has 0 atom stereocenters. The van der Waals surface area contributed by atoms with Gasteiger partial charge < -0.3 is 5.11 Å². The molecule has 0 saturated heterocycles. The van der Waals surface area contributed by atoms with Crippen LogP contribution in [0.15, 0.2) is 22.8 Å². The number of hydrogen-bond acceptors (Lipinski definition) is 2. The van der Waals surface area contributed by atoms with Crippen molar-refractivity contribution >= 4 is 21.9 Å². The molecule has 1 aromatic carbocycles. The average Bonchev–Trinajstić information content (AvgIpc) is 2.90. The highest BCUT2D eigenvalue weighted by molar-refractivity contribution is 9.10. The highest BCUT2D eigenvalue weighted by atomic mass is 79.9. The van der Waals surface area contributed by atoms with E-state index in [0.29, 0.717) is 6.42 Å². The summed E-state index contributed by atoms with van der Waals surface area (Å²) in [5.41, 5.74) is 3.42. The SMILES string of the molecule is CCc1ccc(Br)c(CC)c1-n1c(C(=O)O)cnc1CC. The Balaban J connectivity index is 2.86. The average molecular weight is 351 g/mol. The molecule has 0 aliphatic carbocycles. The van der Waals surface area contributed by atoms with Gasteiger partial charge >= 0.3 is 5.97 Å². The number of imidazole rings is 1. The summed E-state index contributed by atoms with van der Waals surface area (Å²) in [6, 6.07) is 4.08. The Morgan fingerprint density at radius 1 is 1.24 bits per heavy atom. The van der Waals surface area contributed by atoms with E-state index in [4.69, 9.17) is 0 Å². The molecule has 112 valence electrons. The van der Waals surface area contributed by atoms with E-state index in [9.17, 15) is 9.90 Å². The maximum absolute atomic E-state index is 11.5. The van der Waals surface area contributed by atoms with Gasteiger partial charge in [-0.15, -0.1) is 0 Å². The van der Waals surface area contributed by atoms with Gasteiger partial charge in [0.1, 0.15) is 5.82 Å². The Hall–Kier alpha value is -1.62. The largest absolute Gasteiger partial charge is 0.477 e. The van der Waals surface area contributed by atoms with E-state index < -0.39 is 5.97 Å². The van der Waals surface area contributed by atoms with Crippen molar-refractivity contribution < 1.29 is 9.90 Å². The molecular weight excluding hydrogens is 332 g/mol. The Bertz CT molecular complexity index is 677. The van der Waals surface area contributed by atoms with Gasteiger partial charge in [0.15, 0.2) is 5.69 Å². The van der Waals surface area contributed by atoms with Gasteiger partial charge in [0.05, 0.1) is 11.9 Å². The van der Waals surface area contributed by atoms with Gasteiger partial charge in [0, 0.05) is 10.9 Å². The molecular formula is C16H19BrN2O2. The van der Waals surface area contributed by atoms with E-state index in [0.717, 1.165) is 40.0 Å². The number of aromatic carboxylic acids is 1. The van der Waals surface area contributed by atoms with Crippen LogP contribution >= 0.6 is 15.9 Å². The van der Waals surface area contributed by atoms with Crippen molar-refractivity contribution in [1.82, 2.24) is 9.55 Å². The topological polar surface area (TPSA) is 55.1 Å². The number of halogens is 1. The molecule has 1 N–H and O–H groups in total. The van der Waals surface area contributed by atoms with Crippen molar-refractivity contribution in [1.29, 1.82) is 0 Å². The van der Waals surface area contributed by atoms with Crippen LogP contribution in [0, 0.1) is 0 Å². The summed E-state index contributed by atoms with van der Waals surface area (Å²) < 4.78 is 2.80. The van der Waals surface area contributed by atoms with Crippen LogP contribution in [0.25, 0.3) is 5.69 Å². The molecule has 1 heterocycles. The summed E-state index contributed by atoms with van der Waals surface area (Å²) in [5, 5.41) is 9.46. The predicted molar refractivity (Wildman–Crippen MR) is 86.4 cm³/mol. The van der Waals surface area contributed by atoms with Crippen LogP contribution in [0.4, 0.5) is 0 Å². The Morgan fingerprint density at radius 2 is 1.95 bits per heavy atom. The van der Waals surface area contributed by atoms with Gasteiger partial charge in [-0.1, -0.05) is 42.8 Å². The molecule has 21 heavy (non-hydrogen) atoms. The second-order valence-electron chi connectivity index (χ2n) is 4.79. The molecule has 0 aliphatic rings. The number of benzene rings is 1. The minimum absolute atomic E-state index is 0.217. The first-order valence-corrected chi connectivity index (χ1v) is 7.94. The zero-order valence-corrected chi connectivity index (χ0v) is 14.1. The summed E-state index contributed by atoms with van der Waals surface area (Å²) in [4.78, 5) is 15.8. The van der Waals surface area contributed by atoms with Gasteiger partial charge in [-0.05, 0) is 30.0 Å². The molecule has 0 spiro atoms. The van der Waals surface area contributed by atoms with Crippen molar-refractivity contribution in [3.05, 3.63) is 45.4 Å². The summed E-state index contributed by atoms with van der Waals surface area (Å²) in [6.07, 6.45) is 3.80. The fourth-order valence-corrected chi connectivity index (χ4v) is 3.20. The third kappa shape index (κ3) is 2.75. The number of carboxylic acid groups (broad SMARTS) is 1. The summed E-state index contributed by atoms with van der Waals surface area (Å²) in [7, 11) is 0. The van der Waals surface area contributed by atoms with Crippen LogP contribution < -0.4 is 0 Å². The highest BCUT2D eigenvalue weighted by Crippen LogP contribution is 2.30. The van der Waals surface area contributed by atoms with Gasteiger partial charge in [0.25, 0.3) is 0 Å². The lowest BCUT2D eigenvalue weighted by Crippen LogP contribution is -2.13. The molecule has 2 aromatic rings. The summed E-state index contributed by atoms with van der Waals surface area (Å²) in [5.74, 6) is -0.179. The van der Waals surface area contributed by atoms with Gasteiger partial charge in [0.2, 0.25) is 0 Å². The zero-order chi connectivity index (χ0) is 15.6. The van der Waals surface area contributed by atoms with Crippen LogP contribution in [0.2, 0.25) is 0 Å². The quantitative estimate of drug-likeness (QED) is 0.885. The van der Waals surface area contributed by atoms with Crippen LogP contribution in [0.3, 0.4) is 0 Å². The second-order valence-corrected chi connectivity index (χ2v) is 5.65. The van der Waals surface area contributed by atoms with Crippen molar-refractivity contribution in [2.75, 3.05) is 0 Å². The van der Waals surface area contributed by atoms with E-state index in [1.165, 1.54) is 6.20 Å². The Kier molecular flexibility index (Phi) is 4.83. The molecule has 2 rings (SSSR count). The number of carbonyl (C=O) groups is 1. The van der Waals surface area contributed by atoms with E-state index in [1.807, 2.05) is 19.1 Å². The molecule has 0 amide bonds. The molecule has 0 unspecified atom stereocenters. The molecule has 5 heteroatoms. The van der Waals surface area contributed by atoms with E-state index in [-0.39, 0.29) is 5.69 Å². The third-order valence-corrected chi connectivity index (χ3v) is 4.38. The summed E-state index contributed by atoms with van der Waals surface area (Å²) in [6.45, 7) is 6.14. The monoisotopic (exact) mass is 350 g/mol. The minimum atomic E-state index is -0.953. The first-order valence-electron chi connectivity index (χ1n) is 7.15. The predicted octanol–water partition coefficient (Wildman–Crippen LogP) is 4.02. The highest BCUT2D eigenvalue weighted by Gasteiger charge is 2.21. The Morgan fingerprint density at radius 3 is 2.48 bits per heavy atom. The first kappa shape index (κ1) is 15.8. The lowest BCUT2D eigenvalue weighted by atomic mass is 10.0. The standard InChI is InChI=1S/C16H19BrN2O2/c1-4-10-7-8-12(17)11(5-2)15(10)19-13(16(20)21)9-18-14(19)6-3/h7-9H,4-6H2,1-3H3,(H,20,21). The van der Waals surface area contributed by atoms with Crippen LogP contribution in [-0.4, -0.2) is 20.6 Å². The summed E-state index contributed by atoms with van der Waals surface area (Å²) >= 11 is 3.58. The fraction of sp³-hybridized carbons (Fsp3) is 0.375. The first-order chi connectivity index (χ1) is 10.0. The minimum Gasteiger partial charge on any atom is -0.477 e.